The predicted molar refractivity (Wildman–Crippen MR) is 134 cm³/mol. The molecular formula is C30H48. The van der Waals surface area contributed by atoms with Crippen molar-refractivity contribution < 1.29 is 0 Å². The van der Waals surface area contributed by atoms with Crippen LogP contribution in [-0.4, -0.2) is 0 Å². The molecule has 0 heteroatoms. The van der Waals surface area contributed by atoms with Crippen LogP contribution in [0.5, 0.6) is 0 Å². The Morgan fingerprint density at radius 2 is 1.57 bits per heavy atom. The molecule has 0 heterocycles. The molecule has 1 saturated carbocycles. The van der Waals surface area contributed by atoms with Gasteiger partial charge in [-0.3, -0.25) is 0 Å². The van der Waals surface area contributed by atoms with E-state index in [0.29, 0.717) is 0 Å². The van der Waals surface area contributed by atoms with E-state index >= 15 is 0 Å². The Hall–Kier alpha value is -1.04. The molecule has 0 spiro atoms. The monoisotopic (exact) mass is 408 g/mol. The zero-order valence-electron chi connectivity index (χ0n) is 20.3. The molecular weight excluding hydrogens is 360 g/mol. The van der Waals surface area contributed by atoms with Gasteiger partial charge in [-0.05, 0) is 91.7 Å². The maximum Gasteiger partial charge on any atom is -0.0162 e. The minimum atomic E-state index is 0.815. The lowest BCUT2D eigenvalue weighted by molar-refractivity contribution is 0.302. The fourth-order valence-electron chi connectivity index (χ4n) is 5.89. The van der Waals surface area contributed by atoms with Gasteiger partial charge in [0, 0.05) is 0 Å². The number of hydrogen-bond donors (Lipinski definition) is 0. The summed E-state index contributed by atoms with van der Waals surface area (Å²) in [5.41, 5.74) is 4.70. The van der Waals surface area contributed by atoms with Gasteiger partial charge in [-0.1, -0.05) is 96.1 Å². The van der Waals surface area contributed by atoms with Crippen LogP contribution in [0, 0.1) is 17.8 Å². The Morgan fingerprint density at radius 3 is 2.20 bits per heavy atom. The van der Waals surface area contributed by atoms with Crippen molar-refractivity contribution in [2.24, 2.45) is 17.8 Å². The summed E-state index contributed by atoms with van der Waals surface area (Å²) in [7, 11) is 0. The van der Waals surface area contributed by atoms with Crippen LogP contribution in [0.1, 0.15) is 134 Å². The van der Waals surface area contributed by atoms with Gasteiger partial charge in [-0.25, -0.2) is 0 Å². The molecule has 0 bridgehead atoms. The predicted octanol–water partition coefficient (Wildman–Crippen LogP) is 9.94. The molecule has 0 aliphatic heterocycles. The maximum absolute atomic E-state index is 2.55. The van der Waals surface area contributed by atoms with E-state index in [1.807, 2.05) is 0 Å². The zero-order valence-corrected chi connectivity index (χ0v) is 20.3. The van der Waals surface area contributed by atoms with E-state index in [2.05, 4.69) is 51.1 Å². The average Bonchev–Trinajstić information content (AvgIpc) is 2.80. The Balaban J connectivity index is 1.42. The van der Waals surface area contributed by atoms with Gasteiger partial charge in [0.1, 0.15) is 0 Å². The van der Waals surface area contributed by atoms with Gasteiger partial charge >= 0.3 is 0 Å². The normalized spacial score (nSPS) is 25.7. The quantitative estimate of drug-likeness (QED) is 0.319. The van der Waals surface area contributed by atoms with Crippen molar-refractivity contribution in [1.82, 2.24) is 0 Å². The molecule has 0 aromatic heterocycles. The highest BCUT2D eigenvalue weighted by molar-refractivity contribution is 5.66. The zero-order chi connectivity index (χ0) is 21.2. The van der Waals surface area contributed by atoms with Crippen LogP contribution in [0.15, 0.2) is 30.3 Å². The van der Waals surface area contributed by atoms with E-state index in [-0.39, 0.29) is 0 Å². The second-order valence-electron chi connectivity index (χ2n) is 10.7. The van der Waals surface area contributed by atoms with Crippen molar-refractivity contribution in [1.29, 1.82) is 0 Å². The molecule has 0 N–H and O–H groups in total. The first-order valence-electron chi connectivity index (χ1n) is 13.5. The maximum atomic E-state index is 2.55. The lowest BCUT2D eigenvalue weighted by Gasteiger charge is -2.29. The first kappa shape index (κ1) is 23.6. The van der Waals surface area contributed by atoms with Gasteiger partial charge in [0.25, 0.3) is 0 Å². The molecule has 1 fully saturated rings. The molecule has 2 aliphatic rings. The summed E-state index contributed by atoms with van der Waals surface area (Å²) in [6.45, 7) is 7.06. The van der Waals surface area contributed by atoms with Gasteiger partial charge in [0.2, 0.25) is 0 Å². The van der Waals surface area contributed by atoms with Gasteiger partial charge in [0.15, 0.2) is 0 Å². The highest BCUT2D eigenvalue weighted by atomic mass is 14.3. The molecule has 0 nitrogen and oxygen atoms in total. The molecule has 168 valence electrons. The summed E-state index contributed by atoms with van der Waals surface area (Å²) in [4.78, 5) is 0. The van der Waals surface area contributed by atoms with E-state index in [4.69, 9.17) is 0 Å². The molecule has 3 rings (SSSR count). The summed E-state index contributed by atoms with van der Waals surface area (Å²) in [6.07, 6.45) is 23.7. The van der Waals surface area contributed by atoms with Crippen molar-refractivity contribution in [3.05, 3.63) is 41.5 Å². The first-order valence-corrected chi connectivity index (χ1v) is 13.5. The molecule has 2 unspecified atom stereocenters. The van der Waals surface area contributed by atoms with E-state index in [1.54, 1.807) is 11.1 Å². The molecule has 2 atom stereocenters. The highest BCUT2D eigenvalue weighted by Crippen LogP contribution is 2.39. The third-order valence-corrected chi connectivity index (χ3v) is 8.27. The SMILES string of the molecule is CCCCCCC[C@H]1CC[C@H](c2ccc(C3=CCC(CC(C)CC)CC3)cc2)CC1. The Labute approximate surface area is 187 Å². The van der Waals surface area contributed by atoms with E-state index in [9.17, 15) is 0 Å². The summed E-state index contributed by atoms with van der Waals surface area (Å²) in [5.74, 6) is 3.64. The second-order valence-corrected chi connectivity index (χ2v) is 10.7. The molecule has 0 radical (unpaired) electrons. The van der Waals surface area contributed by atoms with E-state index < -0.39 is 0 Å². The van der Waals surface area contributed by atoms with Crippen LogP contribution < -0.4 is 0 Å². The van der Waals surface area contributed by atoms with Crippen molar-refractivity contribution >= 4 is 5.57 Å². The van der Waals surface area contributed by atoms with Crippen LogP contribution >= 0.6 is 0 Å². The second kappa shape index (κ2) is 12.7. The first-order chi connectivity index (χ1) is 14.7. The highest BCUT2D eigenvalue weighted by Gasteiger charge is 2.22. The van der Waals surface area contributed by atoms with Crippen molar-refractivity contribution in [2.75, 3.05) is 0 Å². The molecule has 0 saturated heterocycles. The number of hydrogen-bond acceptors (Lipinski definition) is 0. The Kier molecular flexibility index (Phi) is 10.0. The summed E-state index contributed by atoms with van der Waals surface area (Å²) >= 11 is 0. The van der Waals surface area contributed by atoms with Crippen LogP contribution in [0.25, 0.3) is 5.57 Å². The van der Waals surface area contributed by atoms with Gasteiger partial charge < -0.3 is 0 Å². The molecule has 2 aliphatic carbocycles. The van der Waals surface area contributed by atoms with Crippen LogP contribution in [0.4, 0.5) is 0 Å². The number of unbranched alkanes of at least 4 members (excludes halogenated alkanes) is 4. The van der Waals surface area contributed by atoms with Crippen molar-refractivity contribution in [3.63, 3.8) is 0 Å². The van der Waals surface area contributed by atoms with E-state index in [1.165, 1.54) is 102 Å². The summed E-state index contributed by atoms with van der Waals surface area (Å²) < 4.78 is 0. The fourth-order valence-corrected chi connectivity index (χ4v) is 5.89. The third-order valence-electron chi connectivity index (χ3n) is 8.27. The third kappa shape index (κ3) is 7.28. The summed E-state index contributed by atoms with van der Waals surface area (Å²) in [5, 5.41) is 0. The summed E-state index contributed by atoms with van der Waals surface area (Å²) in [6, 6.07) is 9.76. The minimum absolute atomic E-state index is 0.815. The van der Waals surface area contributed by atoms with Crippen LogP contribution in [-0.2, 0) is 0 Å². The van der Waals surface area contributed by atoms with Gasteiger partial charge in [0.05, 0.1) is 0 Å². The van der Waals surface area contributed by atoms with Crippen LogP contribution in [0.2, 0.25) is 0 Å². The number of rotatable bonds is 11. The van der Waals surface area contributed by atoms with Gasteiger partial charge in [-0.15, -0.1) is 0 Å². The average molecular weight is 409 g/mol. The molecule has 1 aromatic carbocycles. The van der Waals surface area contributed by atoms with E-state index in [0.717, 1.165) is 23.7 Å². The Morgan fingerprint density at radius 1 is 0.833 bits per heavy atom. The smallest absolute Gasteiger partial charge is 0.0162 e. The lowest BCUT2D eigenvalue weighted by Crippen LogP contribution is -2.13. The molecule has 0 amide bonds. The topological polar surface area (TPSA) is 0 Å². The van der Waals surface area contributed by atoms with Crippen molar-refractivity contribution in [2.45, 2.75) is 123 Å². The number of allylic oxidation sites excluding steroid dienone is 2. The fraction of sp³-hybridized carbons (Fsp3) is 0.733. The van der Waals surface area contributed by atoms with Gasteiger partial charge in [-0.2, -0.15) is 0 Å². The Bertz CT molecular complexity index is 614. The van der Waals surface area contributed by atoms with Crippen LogP contribution in [0.3, 0.4) is 0 Å². The molecule has 30 heavy (non-hydrogen) atoms. The number of benzene rings is 1. The minimum Gasteiger partial charge on any atom is -0.0804 e. The standard InChI is InChI=1S/C30H48/c1-4-6-7-8-9-10-25-11-15-27(16-12-25)29-19-21-30(22-20-29)28-17-13-26(14-18-28)23-24(3)5-2/h17,19-22,24-27H,4-16,18,23H2,1-3H3/t24?,25-,26?,27-. The van der Waals surface area contributed by atoms with Crippen molar-refractivity contribution in [3.8, 4) is 0 Å². The molecule has 1 aromatic rings. The largest absolute Gasteiger partial charge is 0.0804 e. The lowest BCUT2D eigenvalue weighted by atomic mass is 9.76.